The van der Waals surface area contributed by atoms with E-state index in [1.807, 2.05) is 0 Å². The van der Waals surface area contributed by atoms with Gasteiger partial charge in [0.2, 0.25) is 0 Å². The molecule has 0 bridgehead atoms. The summed E-state index contributed by atoms with van der Waals surface area (Å²) in [6.45, 7) is 0. The Hall–Kier alpha value is -0.680. The van der Waals surface area contributed by atoms with Gasteiger partial charge in [0.25, 0.3) is 6.43 Å². The summed E-state index contributed by atoms with van der Waals surface area (Å²) in [6, 6.07) is 3.56. The molecule has 0 aliphatic carbocycles. The minimum atomic E-state index is -2.53. The lowest BCUT2D eigenvalue weighted by atomic mass is 10.1. The van der Waals surface area contributed by atoms with Crippen molar-refractivity contribution in [2.24, 2.45) is 0 Å². The van der Waals surface area contributed by atoms with E-state index in [4.69, 9.17) is 5.73 Å². The highest BCUT2D eigenvalue weighted by atomic mass is 79.9. The third-order valence-electron chi connectivity index (χ3n) is 1.99. The Morgan fingerprint density at radius 1 is 1.43 bits per heavy atom. The summed E-state index contributed by atoms with van der Waals surface area (Å²) >= 11 is 4.45. The number of hydrogen-bond donors (Lipinski definition) is 1. The molecule has 74 valence electrons. The highest BCUT2D eigenvalue weighted by Gasteiger charge is 2.18. The highest BCUT2D eigenvalue weighted by Crippen LogP contribution is 2.39. The van der Waals surface area contributed by atoms with Gasteiger partial charge in [-0.05, 0) is 38.8 Å². The maximum Gasteiger partial charge on any atom is 0.267 e. The molecule has 5 heteroatoms. The minimum Gasteiger partial charge on any atom is -0.397 e. The molecule has 0 amide bonds. The van der Waals surface area contributed by atoms with Crippen LogP contribution in [0.25, 0.3) is 10.1 Å². The molecule has 0 aliphatic heterocycles. The van der Waals surface area contributed by atoms with Crippen LogP contribution in [0.4, 0.5) is 14.5 Å². The number of benzene rings is 1. The molecule has 2 rings (SSSR count). The Morgan fingerprint density at radius 3 is 2.79 bits per heavy atom. The SMILES string of the molecule is Nc1c(Br)cc2ccsc2c1C(F)F. The summed E-state index contributed by atoms with van der Waals surface area (Å²) in [7, 11) is 0. The van der Waals surface area contributed by atoms with Crippen LogP contribution in [-0.4, -0.2) is 0 Å². The van der Waals surface area contributed by atoms with Gasteiger partial charge in [-0.15, -0.1) is 11.3 Å². The molecule has 0 fully saturated rings. The second kappa shape index (κ2) is 3.47. The third kappa shape index (κ3) is 1.40. The zero-order valence-electron chi connectivity index (χ0n) is 6.93. The Labute approximate surface area is 91.7 Å². The summed E-state index contributed by atoms with van der Waals surface area (Å²) in [5.41, 5.74) is 5.66. The van der Waals surface area contributed by atoms with Gasteiger partial charge in [0, 0.05) is 9.17 Å². The lowest BCUT2D eigenvalue weighted by Crippen LogP contribution is -1.96. The van der Waals surface area contributed by atoms with Crippen LogP contribution < -0.4 is 5.73 Å². The fraction of sp³-hybridized carbons (Fsp3) is 0.111. The molecule has 1 aromatic carbocycles. The van der Waals surface area contributed by atoms with E-state index in [0.717, 1.165) is 5.39 Å². The van der Waals surface area contributed by atoms with Gasteiger partial charge < -0.3 is 5.73 Å². The topological polar surface area (TPSA) is 26.0 Å². The van der Waals surface area contributed by atoms with Crippen molar-refractivity contribution in [1.82, 2.24) is 0 Å². The van der Waals surface area contributed by atoms with E-state index in [1.54, 1.807) is 17.5 Å². The molecule has 0 atom stereocenters. The normalized spacial score (nSPS) is 11.4. The molecule has 2 aromatic rings. The second-order valence-electron chi connectivity index (χ2n) is 2.83. The first-order valence-corrected chi connectivity index (χ1v) is 5.51. The first kappa shape index (κ1) is 9.86. The Bertz CT molecular complexity index is 481. The number of alkyl halides is 2. The first-order valence-electron chi connectivity index (χ1n) is 3.84. The monoisotopic (exact) mass is 277 g/mol. The van der Waals surface area contributed by atoms with Crippen LogP contribution in [-0.2, 0) is 0 Å². The fourth-order valence-corrected chi connectivity index (χ4v) is 2.73. The average molecular weight is 278 g/mol. The number of nitrogen functional groups attached to an aromatic ring is 1. The van der Waals surface area contributed by atoms with Gasteiger partial charge in [0.1, 0.15) is 0 Å². The van der Waals surface area contributed by atoms with Crippen molar-refractivity contribution >= 4 is 43.0 Å². The Kier molecular flexibility index (Phi) is 2.45. The number of halogens is 3. The lowest BCUT2D eigenvalue weighted by molar-refractivity contribution is 0.154. The third-order valence-corrected chi connectivity index (χ3v) is 3.61. The van der Waals surface area contributed by atoms with Crippen molar-refractivity contribution in [1.29, 1.82) is 0 Å². The van der Waals surface area contributed by atoms with Crippen LogP contribution in [0.1, 0.15) is 12.0 Å². The Balaban J connectivity index is 2.86. The molecule has 1 aromatic heterocycles. The van der Waals surface area contributed by atoms with Gasteiger partial charge >= 0.3 is 0 Å². The van der Waals surface area contributed by atoms with E-state index in [9.17, 15) is 8.78 Å². The number of hydrogen-bond acceptors (Lipinski definition) is 2. The zero-order valence-corrected chi connectivity index (χ0v) is 9.33. The zero-order chi connectivity index (χ0) is 10.3. The predicted molar refractivity (Wildman–Crippen MR) is 58.9 cm³/mol. The average Bonchev–Trinajstić information content (AvgIpc) is 2.52. The number of nitrogens with two attached hydrogens (primary N) is 1. The van der Waals surface area contributed by atoms with Gasteiger partial charge in [-0.2, -0.15) is 0 Å². The van der Waals surface area contributed by atoms with E-state index in [1.165, 1.54) is 11.3 Å². The molecule has 0 saturated carbocycles. The van der Waals surface area contributed by atoms with Crippen molar-refractivity contribution in [2.45, 2.75) is 6.43 Å². The Morgan fingerprint density at radius 2 is 2.14 bits per heavy atom. The summed E-state index contributed by atoms with van der Waals surface area (Å²) in [5.74, 6) is 0. The van der Waals surface area contributed by atoms with E-state index >= 15 is 0 Å². The summed E-state index contributed by atoms with van der Waals surface area (Å²) in [5, 5.41) is 2.58. The molecule has 0 radical (unpaired) electrons. The molecule has 2 N–H and O–H groups in total. The standard InChI is InChI=1S/C9H6BrF2NS/c10-5-3-4-1-2-14-8(4)6(7(5)13)9(11)12/h1-3,9H,13H2. The highest BCUT2D eigenvalue weighted by molar-refractivity contribution is 9.10. The maximum atomic E-state index is 12.7. The number of anilines is 1. The largest absolute Gasteiger partial charge is 0.397 e. The molecule has 0 spiro atoms. The number of fused-ring (bicyclic) bond motifs is 1. The maximum absolute atomic E-state index is 12.7. The molecule has 1 nitrogen and oxygen atoms in total. The van der Waals surface area contributed by atoms with Crippen molar-refractivity contribution in [3.8, 4) is 0 Å². The molecular formula is C9H6BrF2NS. The van der Waals surface area contributed by atoms with Crippen LogP contribution in [0.5, 0.6) is 0 Å². The van der Waals surface area contributed by atoms with Crippen LogP contribution in [0, 0.1) is 0 Å². The molecular weight excluding hydrogens is 272 g/mol. The van der Waals surface area contributed by atoms with E-state index in [-0.39, 0.29) is 11.3 Å². The second-order valence-corrected chi connectivity index (χ2v) is 4.60. The van der Waals surface area contributed by atoms with Crippen molar-refractivity contribution in [3.05, 3.63) is 27.5 Å². The van der Waals surface area contributed by atoms with Gasteiger partial charge in [-0.1, -0.05) is 0 Å². The number of thiophene rings is 1. The smallest absolute Gasteiger partial charge is 0.267 e. The van der Waals surface area contributed by atoms with Gasteiger partial charge in [0.05, 0.1) is 11.3 Å². The predicted octanol–water partition coefficient (Wildman–Crippen LogP) is 4.18. The fourth-order valence-electron chi connectivity index (χ4n) is 1.33. The van der Waals surface area contributed by atoms with Crippen molar-refractivity contribution < 1.29 is 8.78 Å². The quantitative estimate of drug-likeness (QED) is 0.778. The molecule has 0 saturated heterocycles. The van der Waals surface area contributed by atoms with Crippen molar-refractivity contribution in [3.63, 3.8) is 0 Å². The van der Waals surface area contributed by atoms with Crippen LogP contribution in [0.2, 0.25) is 0 Å². The van der Waals surface area contributed by atoms with E-state index in [0.29, 0.717) is 9.17 Å². The van der Waals surface area contributed by atoms with Gasteiger partial charge in [-0.25, -0.2) is 8.78 Å². The summed E-state index contributed by atoms with van der Waals surface area (Å²) in [4.78, 5) is 0. The molecule has 1 heterocycles. The lowest BCUT2D eigenvalue weighted by Gasteiger charge is -2.07. The number of rotatable bonds is 1. The minimum absolute atomic E-state index is 0.0654. The molecule has 14 heavy (non-hydrogen) atoms. The summed E-state index contributed by atoms with van der Waals surface area (Å²) < 4.78 is 26.5. The summed E-state index contributed by atoms with van der Waals surface area (Å²) in [6.07, 6.45) is -2.53. The molecule has 0 unspecified atom stereocenters. The van der Waals surface area contributed by atoms with Crippen LogP contribution in [0.3, 0.4) is 0 Å². The molecule has 0 aliphatic rings. The van der Waals surface area contributed by atoms with Gasteiger partial charge in [0.15, 0.2) is 0 Å². The van der Waals surface area contributed by atoms with E-state index < -0.39 is 6.43 Å². The van der Waals surface area contributed by atoms with Gasteiger partial charge in [-0.3, -0.25) is 0 Å². The van der Waals surface area contributed by atoms with Crippen molar-refractivity contribution in [2.75, 3.05) is 5.73 Å². The first-order chi connectivity index (χ1) is 6.61. The van der Waals surface area contributed by atoms with Crippen LogP contribution >= 0.6 is 27.3 Å². The van der Waals surface area contributed by atoms with Crippen LogP contribution in [0.15, 0.2) is 22.0 Å². The van der Waals surface area contributed by atoms with E-state index in [2.05, 4.69) is 15.9 Å².